The van der Waals surface area contributed by atoms with E-state index in [1.54, 1.807) is 12.3 Å². The van der Waals surface area contributed by atoms with E-state index < -0.39 is 5.91 Å². The third-order valence-electron chi connectivity index (χ3n) is 6.24. The monoisotopic (exact) mass is 522 g/mol. The highest BCUT2D eigenvalue weighted by atomic mass is 35.5. The van der Waals surface area contributed by atoms with Gasteiger partial charge in [0.05, 0.1) is 33.7 Å². The van der Waals surface area contributed by atoms with Crippen molar-refractivity contribution in [3.8, 4) is 22.5 Å². The topological polar surface area (TPSA) is 107 Å². The van der Waals surface area contributed by atoms with Crippen LogP contribution in [0.3, 0.4) is 0 Å². The SMILES string of the molecule is CCCc1cccc(C(C)NC(=O)c2nc(-c3cc(Cl)c4ncccc4c3)c(-c3ccccc3)nc2N)n1. The Morgan fingerprint density at radius 3 is 2.53 bits per heavy atom. The number of halogens is 1. The molecule has 0 fully saturated rings. The fourth-order valence-corrected chi connectivity index (χ4v) is 4.65. The number of rotatable bonds is 7. The van der Waals surface area contributed by atoms with Gasteiger partial charge >= 0.3 is 0 Å². The van der Waals surface area contributed by atoms with E-state index in [1.807, 2.05) is 73.7 Å². The van der Waals surface area contributed by atoms with Crippen LogP contribution in [0.1, 0.15) is 48.2 Å². The maximum absolute atomic E-state index is 13.4. The summed E-state index contributed by atoms with van der Waals surface area (Å²) in [6.07, 6.45) is 3.57. The van der Waals surface area contributed by atoms with Gasteiger partial charge in [-0.2, -0.15) is 0 Å². The molecule has 0 spiro atoms. The quantitative estimate of drug-likeness (QED) is 0.255. The number of hydrogen-bond acceptors (Lipinski definition) is 6. The van der Waals surface area contributed by atoms with Crippen molar-refractivity contribution in [2.24, 2.45) is 0 Å². The Labute approximate surface area is 226 Å². The standard InChI is InChI=1S/C30H27ClN6O/c1-3-9-22-13-7-14-24(35-22)18(2)34-30(38)28-29(32)37-26(19-10-5-4-6-11-19)27(36-28)21-16-20-12-8-15-33-25(20)23(31)17-21/h4-8,10-18H,3,9H2,1-2H3,(H2,32,37)(H,34,38). The number of aryl methyl sites for hydroxylation is 1. The summed E-state index contributed by atoms with van der Waals surface area (Å²) in [5.41, 5.74) is 11.4. The number of fused-ring (bicyclic) bond motifs is 1. The summed E-state index contributed by atoms with van der Waals surface area (Å²) in [6, 6.07) is 22.6. The van der Waals surface area contributed by atoms with Crippen molar-refractivity contribution >= 4 is 34.2 Å². The summed E-state index contributed by atoms with van der Waals surface area (Å²) in [7, 11) is 0. The first-order chi connectivity index (χ1) is 18.4. The first-order valence-electron chi connectivity index (χ1n) is 12.5. The molecule has 5 rings (SSSR count). The van der Waals surface area contributed by atoms with Gasteiger partial charge in [-0.05, 0) is 43.7 Å². The maximum Gasteiger partial charge on any atom is 0.274 e. The molecule has 190 valence electrons. The van der Waals surface area contributed by atoms with Gasteiger partial charge in [0, 0.05) is 28.4 Å². The zero-order valence-electron chi connectivity index (χ0n) is 21.1. The number of carbonyl (C=O) groups excluding carboxylic acids is 1. The molecule has 3 aromatic heterocycles. The van der Waals surface area contributed by atoms with Gasteiger partial charge in [-0.1, -0.05) is 67.4 Å². The number of anilines is 1. The molecule has 0 saturated carbocycles. The summed E-state index contributed by atoms with van der Waals surface area (Å²) < 4.78 is 0. The Hall–Kier alpha value is -4.36. The molecule has 0 saturated heterocycles. The highest BCUT2D eigenvalue weighted by Crippen LogP contribution is 2.35. The second-order valence-electron chi connectivity index (χ2n) is 9.05. The van der Waals surface area contributed by atoms with Crippen LogP contribution in [0, 0.1) is 0 Å². The zero-order chi connectivity index (χ0) is 26.6. The van der Waals surface area contributed by atoms with Crippen LogP contribution < -0.4 is 11.1 Å². The second-order valence-corrected chi connectivity index (χ2v) is 9.46. The molecule has 0 aliphatic carbocycles. The average molecular weight is 523 g/mol. The van der Waals surface area contributed by atoms with Gasteiger partial charge in [-0.25, -0.2) is 9.97 Å². The molecule has 5 aromatic rings. The molecule has 0 bridgehead atoms. The Bertz CT molecular complexity index is 1620. The highest BCUT2D eigenvalue weighted by Gasteiger charge is 2.22. The van der Waals surface area contributed by atoms with Gasteiger partial charge in [0.15, 0.2) is 11.5 Å². The minimum atomic E-state index is -0.431. The number of amides is 1. The Balaban J connectivity index is 1.57. The molecular weight excluding hydrogens is 496 g/mol. The lowest BCUT2D eigenvalue weighted by molar-refractivity contribution is 0.0935. The highest BCUT2D eigenvalue weighted by molar-refractivity contribution is 6.35. The van der Waals surface area contributed by atoms with E-state index >= 15 is 0 Å². The van der Waals surface area contributed by atoms with Gasteiger partial charge in [0.2, 0.25) is 0 Å². The van der Waals surface area contributed by atoms with Gasteiger partial charge in [-0.15, -0.1) is 0 Å². The van der Waals surface area contributed by atoms with Crippen LogP contribution in [-0.2, 0) is 6.42 Å². The van der Waals surface area contributed by atoms with E-state index in [-0.39, 0.29) is 17.6 Å². The van der Waals surface area contributed by atoms with Crippen LogP contribution in [-0.4, -0.2) is 25.8 Å². The Morgan fingerprint density at radius 2 is 1.74 bits per heavy atom. The lowest BCUT2D eigenvalue weighted by Gasteiger charge is -2.17. The number of nitrogens with zero attached hydrogens (tertiary/aromatic N) is 4. The van der Waals surface area contributed by atoms with Crippen molar-refractivity contribution in [3.05, 3.63) is 101 Å². The van der Waals surface area contributed by atoms with E-state index in [1.165, 1.54) is 0 Å². The smallest absolute Gasteiger partial charge is 0.274 e. The number of benzene rings is 2. The van der Waals surface area contributed by atoms with Crippen LogP contribution in [0.4, 0.5) is 5.82 Å². The van der Waals surface area contributed by atoms with Crippen molar-refractivity contribution in [2.75, 3.05) is 5.73 Å². The molecule has 1 amide bonds. The zero-order valence-corrected chi connectivity index (χ0v) is 21.9. The van der Waals surface area contributed by atoms with Crippen molar-refractivity contribution in [3.63, 3.8) is 0 Å². The Morgan fingerprint density at radius 1 is 0.947 bits per heavy atom. The lowest BCUT2D eigenvalue weighted by atomic mass is 10.0. The van der Waals surface area contributed by atoms with Gasteiger partial charge < -0.3 is 11.1 Å². The Kier molecular flexibility index (Phi) is 7.29. The number of carbonyl (C=O) groups is 1. The van der Waals surface area contributed by atoms with Crippen molar-refractivity contribution in [1.29, 1.82) is 0 Å². The van der Waals surface area contributed by atoms with Gasteiger partial charge in [0.25, 0.3) is 5.91 Å². The van der Waals surface area contributed by atoms with E-state index in [0.717, 1.165) is 35.2 Å². The fourth-order valence-electron chi connectivity index (χ4n) is 4.37. The van der Waals surface area contributed by atoms with Gasteiger partial charge in [0.1, 0.15) is 0 Å². The molecule has 7 nitrogen and oxygen atoms in total. The number of nitrogen functional groups attached to an aromatic ring is 1. The fraction of sp³-hybridized carbons (Fsp3) is 0.167. The van der Waals surface area contributed by atoms with Crippen LogP contribution >= 0.6 is 11.6 Å². The summed E-state index contributed by atoms with van der Waals surface area (Å²) in [5, 5.41) is 4.31. The summed E-state index contributed by atoms with van der Waals surface area (Å²) in [5.74, 6) is -0.391. The van der Waals surface area contributed by atoms with Crippen molar-refractivity contribution in [1.82, 2.24) is 25.3 Å². The van der Waals surface area contributed by atoms with Crippen LogP contribution in [0.2, 0.25) is 5.02 Å². The third kappa shape index (κ3) is 5.19. The molecule has 2 aromatic carbocycles. The van der Waals surface area contributed by atoms with Crippen LogP contribution in [0.25, 0.3) is 33.4 Å². The minimum absolute atomic E-state index is 0.0403. The third-order valence-corrected chi connectivity index (χ3v) is 6.53. The molecule has 0 aliphatic rings. The van der Waals surface area contributed by atoms with E-state index in [4.69, 9.17) is 22.3 Å². The number of nitrogens with two attached hydrogens (primary N) is 1. The summed E-state index contributed by atoms with van der Waals surface area (Å²) in [6.45, 7) is 3.99. The predicted molar refractivity (Wildman–Crippen MR) is 152 cm³/mol. The van der Waals surface area contributed by atoms with E-state index in [9.17, 15) is 4.79 Å². The molecule has 0 aliphatic heterocycles. The molecule has 1 unspecified atom stereocenters. The normalized spacial score (nSPS) is 11.9. The molecule has 1 atom stereocenters. The van der Waals surface area contributed by atoms with E-state index in [0.29, 0.717) is 27.5 Å². The number of pyridine rings is 2. The number of aromatic nitrogens is 4. The van der Waals surface area contributed by atoms with Crippen molar-refractivity contribution < 1.29 is 4.79 Å². The lowest BCUT2D eigenvalue weighted by Crippen LogP contribution is -2.29. The first kappa shape index (κ1) is 25.3. The number of hydrogen-bond donors (Lipinski definition) is 2. The van der Waals surface area contributed by atoms with Crippen molar-refractivity contribution in [2.45, 2.75) is 32.7 Å². The van der Waals surface area contributed by atoms with E-state index in [2.05, 4.69) is 27.2 Å². The average Bonchev–Trinajstić information content (AvgIpc) is 2.93. The summed E-state index contributed by atoms with van der Waals surface area (Å²) in [4.78, 5) is 31.9. The molecule has 8 heteroatoms. The van der Waals surface area contributed by atoms with Crippen LogP contribution in [0.5, 0.6) is 0 Å². The molecule has 38 heavy (non-hydrogen) atoms. The molecule has 0 radical (unpaired) electrons. The first-order valence-corrected chi connectivity index (χ1v) is 12.9. The second kappa shape index (κ2) is 10.9. The number of nitrogens with one attached hydrogen (secondary N) is 1. The maximum atomic E-state index is 13.4. The molecule has 3 heterocycles. The minimum Gasteiger partial charge on any atom is -0.382 e. The van der Waals surface area contributed by atoms with Gasteiger partial charge in [-0.3, -0.25) is 14.8 Å². The largest absolute Gasteiger partial charge is 0.382 e. The van der Waals surface area contributed by atoms with Crippen LogP contribution in [0.15, 0.2) is 79.0 Å². The molecule has 3 N–H and O–H groups in total. The predicted octanol–water partition coefficient (Wildman–Crippen LogP) is 6.43. The molecular formula is C30H27ClN6O. The summed E-state index contributed by atoms with van der Waals surface area (Å²) >= 11 is 6.59.